The van der Waals surface area contributed by atoms with Crippen LogP contribution in [0.3, 0.4) is 0 Å². The predicted octanol–water partition coefficient (Wildman–Crippen LogP) is 0.184. The third-order valence-corrected chi connectivity index (χ3v) is 4.18. The third-order valence-electron chi connectivity index (χ3n) is 4.18. The lowest BCUT2D eigenvalue weighted by Gasteiger charge is -2.33. The van der Waals surface area contributed by atoms with Crippen LogP contribution in [0, 0.1) is 0 Å². The largest absolute Gasteiger partial charge is 0.343 e. The van der Waals surface area contributed by atoms with Crippen molar-refractivity contribution in [3.63, 3.8) is 0 Å². The number of piperidine rings is 1. The van der Waals surface area contributed by atoms with Crippen molar-refractivity contribution in [3.05, 3.63) is 18.5 Å². The van der Waals surface area contributed by atoms with E-state index in [9.17, 15) is 9.59 Å². The Labute approximate surface area is 129 Å². The molecule has 0 unspecified atom stereocenters. The van der Waals surface area contributed by atoms with Gasteiger partial charge in [-0.1, -0.05) is 0 Å². The zero-order valence-corrected chi connectivity index (χ0v) is 12.6. The van der Waals surface area contributed by atoms with Crippen molar-refractivity contribution in [2.45, 2.75) is 31.7 Å². The number of amides is 2. The molecule has 2 aliphatic rings. The Balaban J connectivity index is 1.56. The van der Waals surface area contributed by atoms with Crippen LogP contribution in [0.2, 0.25) is 0 Å². The molecule has 2 saturated heterocycles. The fourth-order valence-corrected chi connectivity index (χ4v) is 3.04. The third kappa shape index (κ3) is 3.35. The molecule has 2 amide bonds. The minimum absolute atomic E-state index is 0.0309. The van der Waals surface area contributed by atoms with E-state index in [1.54, 1.807) is 23.4 Å². The quantitative estimate of drug-likeness (QED) is 0.789. The maximum atomic E-state index is 12.1. The number of nitrogens with one attached hydrogen (secondary N) is 1. The zero-order valence-electron chi connectivity index (χ0n) is 12.6. The van der Waals surface area contributed by atoms with Crippen LogP contribution in [0.5, 0.6) is 0 Å². The molecule has 0 radical (unpaired) electrons. The molecular weight excluding hydrogens is 282 g/mol. The van der Waals surface area contributed by atoms with E-state index in [2.05, 4.69) is 20.2 Å². The highest BCUT2D eigenvalue weighted by atomic mass is 16.2. The van der Waals surface area contributed by atoms with Crippen LogP contribution in [0.4, 0.5) is 5.95 Å². The van der Waals surface area contributed by atoms with Gasteiger partial charge in [0.1, 0.15) is 0 Å². The number of anilines is 1. The number of nitrogens with zero attached hydrogens (tertiary/aromatic N) is 4. The monoisotopic (exact) mass is 303 g/mol. The number of aromatic nitrogens is 2. The van der Waals surface area contributed by atoms with Crippen molar-refractivity contribution in [1.29, 1.82) is 0 Å². The van der Waals surface area contributed by atoms with Gasteiger partial charge in [-0.2, -0.15) is 0 Å². The standard InChI is InChI=1S/C15H21N5O2/c21-13(14(22)19-8-1-2-9-19)18-12-5-3-10-20(11-12)15-16-6-4-7-17-15/h4,6-7,12H,1-3,5,8-11H2,(H,18,21)/t12-/m1/s1. The maximum Gasteiger partial charge on any atom is 0.311 e. The fraction of sp³-hybridized carbons (Fsp3) is 0.600. The molecule has 0 saturated carbocycles. The van der Waals surface area contributed by atoms with Gasteiger partial charge in [0.15, 0.2) is 0 Å². The van der Waals surface area contributed by atoms with Gasteiger partial charge in [0.2, 0.25) is 5.95 Å². The van der Waals surface area contributed by atoms with E-state index in [0.717, 1.165) is 32.2 Å². The summed E-state index contributed by atoms with van der Waals surface area (Å²) in [5, 5.41) is 2.87. The number of rotatable bonds is 2. The molecule has 1 N–H and O–H groups in total. The van der Waals surface area contributed by atoms with Gasteiger partial charge < -0.3 is 15.1 Å². The van der Waals surface area contributed by atoms with Gasteiger partial charge in [0.05, 0.1) is 0 Å². The van der Waals surface area contributed by atoms with Crippen molar-refractivity contribution in [2.24, 2.45) is 0 Å². The molecule has 0 aliphatic carbocycles. The summed E-state index contributed by atoms with van der Waals surface area (Å²) < 4.78 is 0. The lowest BCUT2D eigenvalue weighted by atomic mass is 10.1. The average molecular weight is 303 g/mol. The first-order chi connectivity index (χ1) is 10.7. The molecule has 0 aromatic carbocycles. The Bertz CT molecular complexity index is 530. The van der Waals surface area contributed by atoms with Crippen LogP contribution >= 0.6 is 0 Å². The Morgan fingerprint density at radius 2 is 1.82 bits per heavy atom. The summed E-state index contributed by atoms with van der Waals surface area (Å²) >= 11 is 0. The Kier molecular flexibility index (Phi) is 4.50. The summed E-state index contributed by atoms with van der Waals surface area (Å²) in [6, 6.07) is 1.75. The fourth-order valence-electron chi connectivity index (χ4n) is 3.04. The van der Waals surface area contributed by atoms with Crippen molar-refractivity contribution < 1.29 is 9.59 Å². The molecule has 3 rings (SSSR count). The van der Waals surface area contributed by atoms with E-state index in [-0.39, 0.29) is 6.04 Å². The van der Waals surface area contributed by atoms with Crippen LogP contribution in [0.25, 0.3) is 0 Å². The van der Waals surface area contributed by atoms with Crippen LogP contribution < -0.4 is 10.2 Å². The van der Waals surface area contributed by atoms with Gasteiger partial charge in [-0.05, 0) is 31.7 Å². The van der Waals surface area contributed by atoms with E-state index in [0.29, 0.717) is 25.6 Å². The van der Waals surface area contributed by atoms with Gasteiger partial charge in [-0.15, -0.1) is 0 Å². The predicted molar refractivity (Wildman–Crippen MR) is 81.2 cm³/mol. The lowest BCUT2D eigenvalue weighted by Crippen LogP contribution is -2.52. The van der Waals surface area contributed by atoms with E-state index >= 15 is 0 Å². The summed E-state index contributed by atoms with van der Waals surface area (Å²) in [6.45, 7) is 2.90. The molecule has 7 nitrogen and oxygen atoms in total. The molecule has 0 spiro atoms. The summed E-state index contributed by atoms with van der Waals surface area (Å²) in [5.74, 6) is -0.208. The molecule has 1 aromatic heterocycles. The smallest absolute Gasteiger partial charge is 0.311 e. The molecular formula is C15H21N5O2. The second kappa shape index (κ2) is 6.72. The summed E-state index contributed by atoms with van der Waals surface area (Å²) in [7, 11) is 0. The molecule has 1 aromatic rings. The van der Waals surface area contributed by atoms with Crippen LogP contribution in [-0.2, 0) is 9.59 Å². The van der Waals surface area contributed by atoms with Gasteiger partial charge >= 0.3 is 11.8 Å². The Morgan fingerprint density at radius 3 is 2.55 bits per heavy atom. The first kappa shape index (κ1) is 14.7. The van der Waals surface area contributed by atoms with Crippen molar-refractivity contribution >= 4 is 17.8 Å². The summed E-state index contributed by atoms with van der Waals surface area (Å²) in [4.78, 5) is 36.3. The molecule has 3 heterocycles. The topological polar surface area (TPSA) is 78.4 Å². The highest BCUT2D eigenvalue weighted by Crippen LogP contribution is 2.15. The Hall–Kier alpha value is -2.18. The number of likely N-dealkylation sites (tertiary alicyclic amines) is 1. The van der Waals surface area contributed by atoms with E-state index in [4.69, 9.17) is 0 Å². The Morgan fingerprint density at radius 1 is 1.09 bits per heavy atom. The average Bonchev–Trinajstić information content (AvgIpc) is 3.09. The highest BCUT2D eigenvalue weighted by molar-refractivity contribution is 6.35. The molecule has 2 fully saturated rings. The van der Waals surface area contributed by atoms with E-state index in [1.807, 2.05) is 0 Å². The van der Waals surface area contributed by atoms with Crippen molar-refractivity contribution in [3.8, 4) is 0 Å². The van der Waals surface area contributed by atoms with Crippen molar-refractivity contribution in [1.82, 2.24) is 20.2 Å². The van der Waals surface area contributed by atoms with E-state index < -0.39 is 11.8 Å². The minimum Gasteiger partial charge on any atom is -0.343 e. The summed E-state index contributed by atoms with van der Waals surface area (Å²) in [6.07, 6.45) is 7.22. The van der Waals surface area contributed by atoms with Gasteiger partial charge in [0, 0.05) is 44.6 Å². The van der Waals surface area contributed by atoms with Gasteiger partial charge in [-0.25, -0.2) is 9.97 Å². The maximum absolute atomic E-state index is 12.1. The summed E-state index contributed by atoms with van der Waals surface area (Å²) in [5.41, 5.74) is 0. The number of carbonyl (C=O) groups is 2. The van der Waals surface area contributed by atoms with Crippen molar-refractivity contribution in [2.75, 3.05) is 31.1 Å². The molecule has 22 heavy (non-hydrogen) atoms. The normalized spacial score (nSPS) is 21.7. The number of hydrogen-bond acceptors (Lipinski definition) is 5. The molecule has 1 atom stereocenters. The minimum atomic E-state index is -0.484. The van der Waals surface area contributed by atoms with E-state index in [1.165, 1.54) is 0 Å². The van der Waals surface area contributed by atoms with Gasteiger partial charge in [-0.3, -0.25) is 9.59 Å². The number of hydrogen-bond donors (Lipinski definition) is 1. The second-order valence-electron chi connectivity index (χ2n) is 5.81. The molecule has 118 valence electrons. The van der Waals surface area contributed by atoms with Gasteiger partial charge in [0.25, 0.3) is 0 Å². The van der Waals surface area contributed by atoms with Crippen LogP contribution in [0.15, 0.2) is 18.5 Å². The molecule has 0 bridgehead atoms. The second-order valence-corrected chi connectivity index (χ2v) is 5.81. The molecule has 2 aliphatic heterocycles. The SMILES string of the molecule is O=C(N[C@@H]1CCCN(c2ncccn2)C1)C(=O)N1CCCC1. The van der Waals surface area contributed by atoms with Crippen LogP contribution in [0.1, 0.15) is 25.7 Å². The first-order valence-corrected chi connectivity index (χ1v) is 7.86. The van der Waals surface area contributed by atoms with Crippen LogP contribution in [-0.4, -0.2) is 58.9 Å². The zero-order chi connectivity index (χ0) is 15.4. The lowest BCUT2D eigenvalue weighted by molar-refractivity contribution is -0.145. The highest BCUT2D eigenvalue weighted by Gasteiger charge is 2.28. The molecule has 7 heteroatoms. The first-order valence-electron chi connectivity index (χ1n) is 7.86. The number of carbonyl (C=O) groups excluding carboxylic acids is 2.